The first-order valence-corrected chi connectivity index (χ1v) is 5.63. The molecule has 0 aromatic heterocycles. The summed E-state index contributed by atoms with van der Waals surface area (Å²) in [6.07, 6.45) is 7.58. The molecule has 1 saturated heterocycles. The molecule has 2 fully saturated rings. The van der Waals surface area contributed by atoms with Crippen LogP contribution in [0.1, 0.15) is 32.6 Å². The second kappa shape index (κ2) is 4.75. The van der Waals surface area contributed by atoms with E-state index in [2.05, 4.69) is 21.4 Å². The predicted octanol–water partition coefficient (Wildman–Crippen LogP) is 0.822. The fourth-order valence-electron chi connectivity index (χ4n) is 2.62. The molecule has 3 atom stereocenters. The molecule has 0 bridgehead atoms. The third-order valence-electron chi connectivity index (χ3n) is 3.36. The van der Waals surface area contributed by atoms with E-state index in [1.54, 1.807) is 6.21 Å². The lowest BCUT2D eigenvalue weighted by Gasteiger charge is -2.41. The number of hydrogen-bond donors (Lipinski definition) is 3. The van der Waals surface area contributed by atoms with Crippen molar-refractivity contribution in [1.29, 1.82) is 0 Å². The first-order chi connectivity index (χ1) is 6.92. The minimum absolute atomic E-state index is 0.310. The van der Waals surface area contributed by atoms with Crippen LogP contribution >= 0.6 is 0 Å². The highest BCUT2D eigenvalue weighted by molar-refractivity contribution is 5.52. The van der Waals surface area contributed by atoms with Crippen LogP contribution in [0.4, 0.5) is 0 Å². The molecule has 1 aliphatic carbocycles. The molecule has 0 aromatic carbocycles. The summed E-state index contributed by atoms with van der Waals surface area (Å²) in [6.45, 7) is 3.04. The van der Waals surface area contributed by atoms with Gasteiger partial charge in [0.2, 0.25) is 0 Å². The molecule has 0 aromatic rings. The van der Waals surface area contributed by atoms with Crippen molar-refractivity contribution >= 4 is 6.21 Å². The molecule has 0 amide bonds. The van der Waals surface area contributed by atoms with Crippen LogP contribution in [0.25, 0.3) is 0 Å². The first-order valence-electron chi connectivity index (χ1n) is 5.63. The molecule has 14 heavy (non-hydrogen) atoms. The molecule has 4 nitrogen and oxygen atoms in total. The standard InChI is InChI=1S/C10H20N4/c1-2-11-13-10-9-6-4-3-5-8(9)7-12-14-10/h2,8-10,12-14H,3-7H2,1H3/b11-2-. The molecule has 0 radical (unpaired) electrons. The van der Waals surface area contributed by atoms with Crippen LogP contribution in [0.15, 0.2) is 5.10 Å². The fraction of sp³-hybridized carbons (Fsp3) is 0.900. The summed E-state index contributed by atoms with van der Waals surface area (Å²) in [4.78, 5) is 0. The van der Waals surface area contributed by atoms with Crippen LogP contribution < -0.4 is 16.3 Å². The molecule has 2 aliphatic rings. The fourth-order valence-corrected chi connectivity index (χ4v) is 2.62. The molecule has 3 unspecified atom stereocenters. The summed E-state index contributed by atoms with van der Waals surface area (Å²) in [5.74, 6) is 1.57. The number of nitrogens with one attached hydrogen (secondary N) is 3. The van der Waals surface area contributed by atoms with Gasteiger partial charge in [-0.15, -0.1) is 0 Å². The van der Waals surface area contributed by atoms with Gasteiger partial charge >= 0.3 is 0 Å². The van der Waals surface area contributed by atoms with Gasteiger partial charge < -0.3 is 0 Å². The number of hydrazone groups is 1. The maximum atomic E-state index is 4.11. The Morgan fingerprint density at radius 3 is 3.07 bits per heavy atom. The van der Waals surface area contributed by atoms with Crippen molar-refractivity contribution in [1.82, 2.24) is 16.3 Å². The van der Waals surface area contributed by atoms with Crippen LogP contribution in [0.5, 0.6) is 0 Å². The Bertz CT molecular complexity index is 202. The van der Waals surface area contributed by atoms with Crippen LogP contribution in [0.2, 0.25) is 0 Å². The van der Waals surface area contributed by atoms with Gasteiger partial charge in [0.25, 0.3) is 0 Å². The van der Waals surface area contributed by atoms with Gasteiger partial charge in [0.15, 0.2) is 0 Å². The monoisotopic (exact) mass is 196 g/mol. The molecular weight excluding hydrogens is 176 g/mol. The van der Waals surface area contributed by atoms with E-state index in [9.17, 15) is 0 Å². The predicted molar refractivity (Wildman–Crippen MR) is 57.7 cm³/mol. The highest BCUT2D eigenvalue weighted by atomic mass is 15.5. The van der Waals surface area contributed by atoms with Gasteiger partial charge in [-0.1, -0.05) is 12.8 Å². The van der Waals surface area contributed by atoms with E-state index < -0.39 is 0 Å². The minimum Gasteiger partial charge on any atom is -0.292 e. The Kier molecular flexibility index (Phi) is 3.37. The quantitative estimate of drug-likeness (QED) is 0.453. The summed E-state index contributed by atoms with van der Waals surface area (Å²) in [6, 6.07) is 0. The average Bonchev–Trinajstić information content (AvgIpc) is 2.26. The normalized spacial score (nSPS) is 38.2. The van der Waals surface area contributed by atoms with E-state index in [0.717, 1.165) is 18.4 Å². The van der Waals surface area contributed by atoms with E-state index in [1.807, 2.05) is 6.92 Å². The average molecular weight is 196 g/mol. The number of nitrogens with zero attached hydrogens (tertiary/aromatic N) is 1. The Hall–Kier alpha value is -0.610. The molecule has 2 rings (SSSR count). The van der Waals surface area contributed by atoms with Gasteiger partial charge in [-0.3, -0.25) is 10.9 Å². The van der Waals surface area contributed by atoms with Gasteiger partial charge in [0, 0.05) is 12.8 Å². The highest BCUT2D eigenvalue weighted by Gasteiger charge is 2.34. The van der Waals surface area contributed by atoms with E-state index in [1.165, 1.54) is 25.7 Å². The lowest BCUT2D eigenvalue weighted by Crippen LogP contribution is -2.60. The van der Waals surface area contributed by atoms with Gasteiger partial charge in [0.1, 0.15) is 6.17 Å². The molecule has 3 N–H and O–H groups in total. The number of rotatable bonds is 2. The summed E-state index contributed by atoms with van der Waals surface area (Å²) < 4.78 is 0. The number of hydrogen-bond acceptors (Lipinski definition) is 4. The Balaban J connectivity index is 1.94. The molecule has 80 valence electrons. The second-order valence-corrected chi connectivity index (χ2v) is 4.23. The highest BCUT2D eigenvalue weighted by Crippen LogP contribution is 2.32. The van der Waals surface area contributed by atoms with Gasteiger partial charge in [-0.05, 0) is 31.6 Å². The molecule has 0 spiro atoms. The molecule has 4 heteroatoms. The van der Waals surface area contributed by atoms with Crippen LogP contribution in [-0.4, -0.2) is 18.9 Å². The van der Waals surface area contributed by atoms with Gasteiger partial charge in [-0.25, -0.2) is 5.43 Å². The van der Waals surface area contributed by atoms with Crippen LogP contribution in [0.3, 0.4) is 0 Å². The smallest absolute Gasteiger partial charge is 0.109 e. The number of fused-ring (bicyclic) bond motifs is 1. The third kappa shape index (κ3) is 2.07. The van der Waals surface area contributed by atoms with Gasteiger partial charge in [0.05, 0.1) is 0 Å². The van der Waals surface area contributed by atoms with E-state index in [-0.39, 0.29) is 0 Å². The minimum atomic E-state index is 0.310. The topological polar surface area (TPSA) is 48.5 Å². The maximum Gasteiger partial charge on any atom is 0.109 e. The van der Waals surface area contributed by atoms with E-state index in [4.69, 9.17) is 0 Å². The van der Waals surface area contributed by atoms with Crippen molar-refractivity contribution < 1.29 is 0 Å². The van der Waals surface area contributed by atoms with Gasteiger partial charge in [-0.2, -0.15) is 5.10 Å². The van der Waals surface area contributed by atoms with Crippen molar-refractivity contribution in [2.45, 2.75) is 38.8 Å². The molecule has 1 saturated carbocycles. The Morgan fingerprint density at radius 2 is 2.21 bits per heavy atom. The van der Waals surface area contributed by atoms with Crippen molar-refractivity contribution in [3.8, 4) is 0 Å². The van der Waals surface area contributed by atoms with Crippen LogP contribution in [0, 0.1) is 11.8 Å². The largest absolute Gasteiger partial charge is 0.292 e. The lowest BCUT2D eigenvalue weighted by molar-refractivity contribution is 0.0996. The van der Waals surface area contributed by atoms with E-state index >= 15 is 0 Å². The van der Waals surface area contributed by atoms with Crippen LogP contribution in [-0.2, 0) is 0 Å². The second-order valence-electron chi connectivity index (χ2n) is 4.23. The first kappa shape index (κ1) is 9.93. The summed E-state index contributed by atoms with van der Waals surface area (Å²) in [5, 5.41) is 4.11. The Morgan fingerprint density at radius 1 is 1.36 bits per heavy atom. The molecular formula is C10H20N4. The van der Waals surface area contributed by atoms with Crippen molar-refractivity contribution in [3.05, 3.63) is 0 Å². The number of hydrazine groups is 1. The van der Waals surface area contributed by atoms with E-state index in [0.29, 0.717) is 6.17 Å². The SMILES string of the molecule is C/C=N\NC1NNCC2CCCCC21. The summed E-state index contributed by atoms with van der Waals surface area (Å²) >= 11 is 0. The third-order valence-corrected chi connectivity index (χ3v) is 3.36. The molecule has 1 aliphatic heterocycles. The zero-order chi connectivity index (χ0) is 9.80. The zero-order valence-electron chi connectivity index (χ0n) is 8.79. The molecule has 1 heterocycles. The summed E-state index contributed by atoms with van der Waals surface area (Å²) in [5.41, 5.74) is 9.70. The lowest BCUT2D eigenvalue weighted by atomic mass is 9.77. The summed E-state index contributed by atoms with van der Waals surface area (Å²) in [7, 11) is 0. The zero-order valence-corrected chi connectivity index (χ0v) is 8.79. The van der Waals surface area contributed by atoms with Crippen molar-refractivity contribution in [2.75, 3.05) is 6.54 Å². The van der Waals surface area contributed by atoms with Crippen molar-refractivity contribution in [2.24, 2.45) is 16.9 Å². The Labute approximate surface area is 85.5 Å². The maximum absolute atomic E-state index is 4.11. The van der Waals surface area contributed by atoms with Crippen molar-refractivity contribution in [3.63, 3.8) is 0 Å².